The number of fused-ring (bicyclic) bond motifs is 3. The van der Waals surface area contributed by atoms with Gasteiger partial charge in [0.2, 0.25) is 0 Å². The number of benzene rings is 2. The molecule has 2 aliphatic carbocycles. The van der Waals surface area contributed by atoms with Crippen molar-refractivity contribution >= 4 is 0 Å². The van der Waals surface area contributed by atoms with Crippen LogP contribution in [0.15, 0.2) is 84.8 Å². The van der Waals surface area contributed by atoms with Crippen molar-refractivity contribution < 1.29 is 5.11 Å². The van der Waals surface area contributed by atoms with E-state index in [0.29, 0.717) is 5.57 Å². The molecule has 1 N–H and O–H groups in total. The Morgan fingerprint density at radius 3 is 2.50 bits per heavy atom. The van der Waals surface area contributed by atoms with Crippen LogP contribution in [-0.4, -0.2) is 31.0 Å². The molecule has 0 spiro atoms. The standard InChI is InChI=1S/C30H27N5O/c1-19-25-13-12-24-27(26-14-15-32-18-33-26)34-35(29(24)30(25,2)16-22(17-31)28(19)36)23-10-8-21(9-11-23)20-6-4-3-5-7-20/h3-11,14-16,18-19,25,28,36H,12-13H2,1-2H3/t19-,25-,28?,30-/m1/s1. The Morgan fingerprint density at radius 1 is 1.06 bits per heavy atom. The molecular formula is C30H27N5O. The zero-order chi connectivity index (χ0) is 24.9. The van der Waals surface area contributed by atoms with Crippen molar-refractivity contribution in [1.82, 2.24) is 19.7 Å². The summed E-state index contributed by atoms with van der Waals surface area (Å²) in [6, 6.07) is 22.9. The highest BCUT2D eigenvalue weighted by Crippen LogP contribution is 2.52. The number of nitriles is 1. The molecule has 0 saturated carbocycles. The third kappa shape index (κ3) is 3.39. The van der Waals surface area contributed by atoms with E-state index in [2.05, 4.69) is 66.3 Å². The van der Waals surface area contributed by atoms with Gasteiger partial charge in [0, 0.05) is 17.2 Å². The molecule has 0 saturated heterocycles. The Labute approximate surface area is 210 Å². The highest BCUT2D eigenvalue weighted by Gasteiger charge is 2.50. The fourth-order valence-electron chi connectivity index (χ4n) is 6.26. The van der Waals surface area contributed by atoms with Crippen molar-refractivity contribution in [2.24, 2.45) is 11.8 Å². The molecule has 6 rings (SSSR count). The quantitative estimate of drug-likeness (QED) is 0.438. The maximum atomic E-state index is 10.8. The van der Waals surface area contributed by atoms with Crippen LogP contribution < -0.4 is 0 Å². The molecule has 2 heterocycles. The largest absolute Gasteiger partial charge is 0.387 e. The number of hydrogen-bond donors (Lipinski definition) is 1. The molecule has 0 amide bonds. The molecule has 4 atom stereocenters. The first-order chi connectivity index (χ1) is 17.5. The summed E-state index contributed by atoms with van der Waals surface area (Å²) in [7, 11) is 0. The molecule has 36 heavy (non-hydrogen) atoms. The van der Waals surface area contributed by atoms with Gasteiger partial charge in [0.1, 0.15) is 12.0 Å². The van der Waals surface area contributed by atoms with Crippen molar-refractivity contribution in [1.29, 1.82) is 5.26 Å². The zero-order valence-electron chi connectivity index (χ0n) is 20.3. The summed E-state index contributed by atoms with van der Waals surface area (Å²) in [6.07, 6.45) is 6.29. The Balaban J connectivity index is 1.57. The topological polar surface area (TPSA) is 87.6 Å². The zero-order valence-corrected chi connectivity index (χ0v) is 20.3. The number of aliphatic hydroxyl groups is 1. The number of rotatable bonds is 3. The number of aromatic nitrogens is 4. The van der Waals surface area contributed by atoms with Crippen molar-refractivity contribution in [3.8, 4) is 34.3 Å². The predicted octanol–water partition coefficient (Wildman–Crippen LogP) is 5.28. The summed E-state index contributed by atoms with van der Waals surface area (Å²) in [4.78, 5) is 8.59. The fourth-order valence-corrected chi connectivity index (χ4v) is 6.26. The summed E-state index contributed by atoms with van der Waals surface area (Å²) in [6.45, 7) is 4.25. The Kier molecular flexibility index (Phi) is 5.31. The summed E-state index contributed by atoms with van der Waals surface area (Å²) >= 11 is 0. The third-order valence-corrected chi connectivity index (χ3v) is 8.05. The highest BCUT2D eigenvalue weighted by atomic mass is 16.3. The first-order valence-electron chi connectivity index (χ1n) is 12.4. The van der Waals surface area contributed by atoms with E-state index in [9.17, 15) is 10.4 Å². The molecule has 4 aromatic rings. The molecule has 2 aromatic carbocycles. The van der Waals surface area contributed by atoms with Crippen molar-refractivity contribution in [3.63, 3.8) is 0 Å². The van der Waals surface area contributed by atoms with Crippen molar-refractivity contribution in [2.75, 3.05) is 0 Å². The van der Waals surface area contributed by atoms with Gasteiger partial charge in [-0.25, -0.2) is 14.6 Å². The van der Waals surface area contributed by atoms with Crippen LogP contribution in [0.4, 0.5) is 0 Å². The lowest BCUT2D eigenvalue weighted by molar-refractivity contribution is 0.0664. The first kappa shape index (κ1) is 22.4. The maximum Gasteiger partial charge on any atom is 0.116 e. The minimum absolute atomic E-state index is 0.0332. The average molecular weight is 474 g/mol. The van der Waals surface area contributed by atoms with Crippen LogP contribution in [0.2, 0.25) is 0 Å². The van der Waals surface area contributed by atoms with Gasteiger partial charge in [-0.05, 0) is 54.0 Å². The van der Waals surface area contributed by atoms with Crippen LogP contribution in [0.5, 0.6) is 0 Å². The average Bonchev–Trinajstić information content (AvgIpc) is 3.33. The summed E-state index contributed by atoms with van der Waals surface area (Å²) in [5.41, 5.74) is 7.11. The number of aliphatic hydroxyl groups excluding tert-OH is 1. The minimum atomic E-state index is -0.738. The van der Waals surface area contributed by atoms with E-state index in [1.54, 1.807) is 12.5 Å². The van der Waals surface area contributed by atoms with E-state index in [1.165, 1.54) is 0 Å². The summed E-state index contributed by atoms with van der Waals surface area (Å²) in [5, 5.41) is 25.8. The normalized spacial score (nSPS) is 24.8. The van der Waals surface area contributed by atoms with Gasteiger partial charge in [0.05, 0.1) is 34.8 Å². The first-order valence-corrected chi connectivity index (χ1v) is 12.4. The van der Waals surface area contributed by atoms with Gasteiger partial charge in [-0.1, -0.05) is 62.4 Å². The predicted molar refractivity (Wildman–Crippen MR) is 138 cm³/mol. The van der Waals surface area contributed by atoms with Gasteiger partial charge in [-0.3, -0.25) is 0 Å². The van der Waals surface area contributed by atoms with Crippen LogP contribution in [-0.2, 0) is 11.8 Å². The smallest absolute Gasteiger partial charge is 0.116 e. The summed E-state index contributed by atoms with van der Waals surface area (Å²) in [5.74, 6) is 0.156. The molecule has 2 aromatic heterocycles. The molecule has 6 nitrogen and oxygen atoms in total. The molecule has 0 radical (unpaired) electrons. The van der Waals surface area contributed by atoms with Crippen LogP contribution in [0.25, 0.3) is 28.2 Å². The van der Waals surface area contributed by atoms with E-state index in [1.807, 2.05) is 35.0 Å². The summed E-state index contributed by atoms with van der Waals surface area (Å²) < 4.78 is 2.03. The van der Waals surface area contributed by atoms with Gasteiger partial charge in [-0.15, -0.1) is 0 Å². The van der Waals surface area contributed by atoms with E-state index in [0.717, 1.165) is 52.3 Å². The molecule has 178 valence electrons. The Hall–Kier alpha value is -4.08. The molecule has 6 heteroatoms. The van der Waals surface area contributed by atoms with Crippen LogP contribution in [0.1, 0.15) is 31.5 Å². The van der Waals surface area contributed by atoms with Crippen molar-refractivity contribution in [2.45, 2.75) is 38.2 Å². The fraction of sp³-hybridized carbons (Fsp3) is 0.267. The molecular weight excluding hydrogens is 446 g/mol. The minimum Gasteiger partial charge on any atom is -0.387 e. The van der Waals surface area contributed by atoms with Crippen molar-refractivity contribution in [3.05, 3.63) is 96.1 Å². The van der Waals surface area contributed by atoms with E-state index < -0.39 is 11.5 Å². The lowest BCUT2D eigenvalue weighted by Crippen LogP contribution is -2.47. The van der Waals surface area contributed by atoms with Gasteiger partial charge in [0.25, 0.3) is 0 Å². The number of allylic oxidation sites excluding steroid dienone is 1. The SMILES string of the molecule is C[C@H]1C(O)C(C#N)=C[C@@]2(C)c3c(c(-c4ccncn4)nn3-c3ccc(-c4ccccc4)cc3)CC[C@H]12. The second-order valence-electron chi connectivity index (χ2n) is 10.0. The molecule has 0 bridgehead atoms. The van der Waals surface area contributed by atoms with Crippen LogP contribution >= 0.6 is 0 Å². The molecule has 2 aliphatic rings. The Morgan fingerprint density at radius 2 is 1.81 bits per heavy atom. The number of hydrogen-bond acceptors (Lipinski definition) is 5. The van der Waals surface area contributed by atoms with Crippen LogP contribution in [0, 0.1) is 23.2 Å². The van der Waals surface area contributed by atoms with Crippen LogP contribution in [0.3, 0.4) is 0 Å². The molecule has 0 aliphatic heterocycles. The van der Waals surface area contributed by atoms with Gasteiger partial charge >= 0.3 is 0 Å². The third-order valence-electron chi connectivity index (χ3n) is 8.05. The lowest BCUT2D eigenvalue weighted by atomic mass is 9.57. The van der Waals surface area contributed by atoms with E-state index in [-0.39, 0.29) is 11.8 Å². The molecule has 1 unspecified atom stereocenters. The van der Waals surface area contributed by atoms with E-state index in [4.69, 9.17) is 5.10 Å². The monoisotopic (exact) mass is 473 g/mol. The van der Waals surface area contributed by atoms with Gasteiger partial charge in [0.15, 0.2) is 0 Å². The van der Waals surface area contributed by atoms with E-state index >= 15 is 0 Å². The second kappa shape index (κ2) is 8.54. The molecule has 0 fully saturated rings. The van der Waals surface area contributed by atoms with Gasteiger partial charge in [-0.2, -0.15) is 10.4 Å². The second-order valence-corrected chi connectivity index (χ2v) is 10.0. The Bertz CT molecular complexity index is 1480. The van der Waals surface area contributed by atoms with Gasteiger partial charge < -0.3 is 5.11 Å². The highest BCUT2D eigenvalue weighted by molar-refractivity contribution is 5.67. The lowest BCUT2D eigenvalue weighted by Gasteiger charge is -2.47. The number of nitrogens with zero attached hydrogens (tertiary/aromatic N) is 5. The maximum absolute atomic E-state index is 10.8.